The Kier molecular flexibility index (Phi) is 3.73. The smallest absolute Gasteiger partial charge is 0.182 e. The van der Waals surface area contributed by atoms with Crippen molar-refractivity contribution in [3.05, 3.63) is 17.1 Å². The summed E-state index contributed by atoms with van der Waals surface area (Å²) in [7, 11) is 0. The van der Waals surface area contributed by atoms with Gasteiger partial charge in [0.1, 0.15) is 11.5 Å². The van der Waals surface area contributed by atoms with Gasteiger partial charge in [-0.05, 0) is 56.8 Å². The minimum Gasteiger partial charge on any atom is -0.309 e. The van der Waals surface area contributed by atoms with E-state index in [2.05, 4.69) is 16.2 Å². The van der Waals surface area contributed by atoms with Gasteiger partial charge in [-0.3, -0.25) is 4.68 Å². The van der Waals surface area contributed by atoms with E-state index < -0.39 is 0 Å². The molecule has 1 aliphatic heterocycles. The number of hydrogen-bond acceptors (Lipinski definition) is 3. The Morgan fingerprint density at radius 3 is 2.52 bits per heavy atom. The van der Waals surface area contributed by atoms with Gasteiger partial charge in [0.25, 0.3) is 0 Å². The van der Waals surface area contributed by atoms with E-state index in [0.717, 1.165) is 37.0 Å². The van der Waals surface area contributed by atoms with Crippen molar-refractivity contribution in [2.24, 2.45) is 11.8 Å². The monoisotopic (exact) mass is 365 g/mol. The zero-order chi connectivity index (χ0) is 18.0. The Morgan fingerprint density at radius 2 is 1.81 bits per heavy atom. The summed E-state index contributed by atoms with van der Waals surface area (Å²) in [6.07, 6.45) is 14.4. The van der Waals surface area contributed by atoms with Gasteiger partial charge in [0.05, 0.1) is 11.7 Å². The molecular formula is C22H31N5. The lowest BCUT2D eigenvalue weighted by atomic mass is 9.64. The number of nitrogens with zero attached hydrogens (tertiary/aromatic N) is 5. The molecule has 0 amide bonds. The van der Waals surface area contributed by atoms with Crippen molar-refractivity contribution in [1.29, 1.82) is 0 Å². The highest BCUT2D eigenvalue weighted by molar-refractivity contribution is 5.60. The zero-order valence-corrected chi connectivity index (χ0v) is 16.5. The van der Waals surface area contributed by atoms with Gasteiger partial charge in [-0.2, -0.15) is 5.10 Å². The molecule has 0 saturated heterocycles. The van der Waals surface area contributed by atoms with Crippen molar-refractivity contribution < 1.29 is 0 Å². The minimum atomic E-state index is 0.566. The summed E-state index contributed by atoms with van der Waals surface area (Å²) >= 11 is 0. The maximum absolute atomic E-state index is 5.09. The number of fused-ring (bicyclic) bond motifs is 6. The molecule has 0 N–H and O–H groups in total. The Morgan fingerprint density at radius 1 is 1.00 bits per heavy atom. The summed E-state index contributed by atoms with van der Waals surface area (Å²) < 4.78 is 4.85. The van der Waals surface area contributed by atoms with Crippen molar-refractivity contribution in [2.45, 2.75) is 96.1 Å². The molecule has 5 heteroatoms. The lowest BCUT2D eigenvalue weighted by molar-refractivity contribution is 0.137. The highest BCUT2D eigenvalue weighted by Crippen LogP contribution is 2.50. The van der Waals surface area contributed by atoms with Crippen molar-refractivity contribution in [3.8, 4) is 11.5 Å². The number of aromatic nitrogens is 5. The lowest BCUT2D eigenvalue weighted by Crippen LogP contribution is -2.32. The van der Waals surface area contributed by atoms with E-state index in [4.69, 9.17) is 15.3 Å². The van der Waals surface area contributed by atoms with Crippen LogP contribution in [0.4, 0.5) is 0 Å². The summed E-state index contributed by atoms with van der Waals surface area (Å²) in [4.78, 5) is 0. The summed E-state index contributed by atoms with van der Waals surface area (Å²) in [5.41, 5.74) is 4.06. The summed E-state index contributed by atoms with van der Waals surface area (Å²) in [6.45, 7) is 3.28. The molecule has 2 bridgehead atoms. The van der Waals surface area contributed by atoms with E-state index in [1.807, 2.05) is 0 Å². The molecule has 27 heavy (non-hydrogen) atoms. The molecule has 0 aromatic carbocycles. The van der Waals surface area contributed by atoms with Crippen LogP contribution >= 0.6 is 0 Å². The third-order valence-electron chi connectivity index (χ3n) is 8.05. The SMILES string of the molecule is CCc1nn(C2CCCC2)c2c1CCn1c-2nnc1C1CC2CCC1CC2. The van der Waals surface area contributed by atoms with Crippen LogP contribution in [0.2, 0.25) is 0 Å². The molecule has 4 aliphatic carbocycles. The topological polar surface area (TPSA) is 48.5 Å². The van der Waals surface area contributed by atoms with Crippen LogP contribution < -0.4 is 0 Å². The van der Waals surface area contributed by atoms with Crippen LogP contribution in [-0.4, -0.2) is 24.5 Å². The van der Waals surface area contributed by atoms with Gasteiger partial charge in [0, 0.05) is 18.0 Å². The number of aryl methyl sites for hydroxylation is 1. The lowest BCUT2D eigenvalue weighted by Gasteiger charge is -2.42. The third kappa shape index (κ3) is 2.39. The predicted octanol–water partition coefficient (Wildman–Crippen LogP) is 4.67. The molecule has 144 valence electrons. The van der Waals surface area contributed by atoms with Crippen molar-refractivity contribution in [3.63, 3.8) is 0 Å². The Hall–Kier alpha value is -1.65. The standard InChI is InChI=1S/C22H31N5/c1-2-19-17-11-12-26-21(18-13-14-7-9-15(18)10-8-14)23-24-22(26)20(17)27(25-19)16-5-3-4-6-16/h14-16,18H,2-13H2,1H3. The molecule has 2 aromatic heterocycles. The average Bonchev–Trinajstić information content (AvgIpc) is 3.45. The molecule has 5 nitrogen and oxygen atoms in total. The second-order valence-electron chi connectivity index (χ2n) is 9.42. The molecule has 4 fully saturated rings. The second kappa shape index (κ2) is 6.18. The van der Waals surface area contributed by atoms with Crippen LogP contribution in [-0.2, 0) is 19.4 Å². The van der Waals surface area contributed by atoms with Crippen LogP contribution in [0.3, 0.4) is 0 Å². The first kappa shape index (κ1) is 16.3. The molecule has 2 aromatic rings. The summed E-state index contributed by atoms with van der Waals surface area (Å²) in [6, 6.07) is 0.566. The fourth-order valence-corrected chi connectivity index (χ4v) is 6.62. The van der Waals surface area contributed by atoms with Crippen molar-refractivity contribution >= 4 is 0 Å². The predicted molar refractivity (Wildman–Crippen MR) is 105 cm³/mol. The van der Waals surface area contributed by atoms with Gasteiger partial charge < -0.3 is 4.57 Å². The van der Waals surface area contributed by atoms with Gasteiger partial charge in [-0.15, -0.1) is 10.2 Å². The first-order valence-electron chi connectivity index (χ1n) is 11.4. The van der Waals surface area contributed by atoms with E-state index in [-0.39, 0.29) is 0 Å². The molecule has 0 radical (unpaired) electrons. The first-order chi connectivity index (χ1) is 13.3. The second-order valence-corrected chi connectivity index (χ2v) is 9.42. The Bertz CT molecular complexity index is 848. The highest BCUT2D eigenvalue weighted by Gasteiger charge is 2.40. The van der Waals surface area contributed by atoms with Gasteiger partial charge in [0.2, 0.25) is 0 Å². The maximum atomic E-state index is 5.09. The summed E-state index contributed by atoms with van der Waals surface area (Å²) in [5.74, 6) is 4.83. The van der Waals surface area contributed by atoms with Crippen LogP contribution in [0.25, 0.3) is 11.5 Å². The highest BCUT2D eigenvalue weighted by atomic mass is 15.4. The third-order valence-corrected chi connectivity index (χ3v) is 8.05. The molecule has 3 heterocycles. The van der Waals surface area contributed by atoms with Gasteiger partial charge in [-0.1, -0.05) is 32.6 Å². The van der Waals surface area contributed by atoms with E-state index in [9.17, 15) is 0 Å². The molecule has 7 rings (SSSR count). The van der Waals surface area contributed by atoms with Crippen LogP contribution in [0.1, 0.15) is 93.8 Å². The van der Waals surface area contributed by atoms with E-state index in [0.29, 0.717) is 12.0 Å². The average molecular weight is 366 g/mol. The van der Waals surface area contributed by atoms with Gasteiger partial charge in [0.15, 0.2) is 5.82 Å². The Labute approximate surface area is 161 Å². The van der Waals surface area contributed by atoms with E-state index in [1.54, 1.807) is 0 Å². The molecular weight excluding hydrogens is 334 g/mol. The minimum absolute atomic E-state index is 0.566. The van der Waals surface area contributed by atoms with Gasteiger partial charge in [-0.25, -0.2) is 0 Å². The first-order valence-corrected chi connectivity index (χ1v) is 11.4. The fraction of sp³-hybridized carbons (Fsp3) is 0.773. The van der Waals surface area contributed by atoms with E-state index in [1.165, 1.54) is 80.6 Å². The largest absolute Gasteiger partial charge is 0.309 e. The van der Waals surface area contributed by atoms with Crippen molar-refractivity contribution in [2.75, 3.05) is 0 Å². The summed E-state index contributed by atoms with van der Waals surface area (Å²) in [5, 5.41) is 14.7. The van der Waals surface area contributed by atoms with E-state index >= 15 is 0 Å². The maximum Gasteiger partial charge on any atom is 0.182 e. The molecule has 5 aliphatic rings. The fourth-order valence-electron chi connectivity index (χ4n) is 6.62. The number of hydrogen-bond donors (Lipinski definition) is 0. The van der Waals surface area contributed by atoms with Gasteiger partial charge >= 0.3 is 0 Å². The van der Waals surface area contributed by atoms with Crippen LogP contribution in [0.5, 0.6) is 0 Å². The molecule has 4 saturated carbocycles. The Balaban J connectivity index is 1.44. The zero-order valence-electron chi connectivity index (χ0n) is 16.5. The van der Waals surface area contributed by atoms with Crippen LogP contribution in [0, 0.1) is 11.8 Å². The normalized spacial score (nSPS) is 29.9. The molecule has 1 atom stereocenters. The quantitative estimate of drug-likeness (QED) is 0.794. The molecule has 0 spiro atoms. The van der Waals surface area contributed by atoms with Crippen LogP contribution in [0.15, 0.2) is 0 Å². The molecule has 1 unspecified atom stereocenters. The van der Waals surface area contributed by atoms with Crippen molar-refractivity contribution in [1.82, 2.24) is 24.5 Å². The number of rotatable bonds is 3.